The van der Waals surface area contributed by atoms with E-state index in [1.54, 1.807) is 12.1 Å². The summed E-state index contributed by atoms with van der Waals surface area (Å²) >= 11 is 3.59. The van der Waals surface area contributed by atoms with Crippen molar-refractivity contribution in [2.75, 3.05) is 11.9 Å². The summed E-state index contributed by atoms with van der Waals surface area (Å²) in [6.45, 7) is 4.90. The van der Waals surface area contributed by atoms with E-state index in [2.05, 4.69) is 50.7 Å². The van der Waals surface area contributed by atoms with Crippen LogP contribution in [0.2, 0.25) is 0 Å². The molecule has 136 valence electrons. The lowest BCUT2D eigenvalue weighted by Gasteiger charge is -2.31. The molecule has 6 heteroatoms. The third kappa shape index (κ3) is 4.07. The number of allylic oxidation sites excluding steroid dienone is 1. The summed E-state index contributed by atoms with van der Waals surface area (Å²) in [4.78, 5) is 0. The largest absolute Gasteiger partial charge is 0.508 e. The number of benzene rings is 2. The summed E-state index contributed by atoms with van der Waals surface area (Å²) in [6, 6.07) is 13.5. The second kappa shape index (κ2) is 7.91. The molecule has 0 aromatic heterocycles. The molecule has 5 nitrogen and oxygen atoms in total. The highest BCUT2D eigenvalue weighted by Crippen LogP contribution is 2.36. The predicted molar refractivity (Wildman–Crippen MR) is 108 cm³/mol. The molecule has 0 aliphatic carbocycles. The van der Waals surface area contributed by atoms with Crippen molar-refractivity contribution in [1.82, 2.24) is 5.32 Å². The summed E-state index contributed by atoms with van der Waals surface area (Å²) in [6.07, 6.45) is 0.960. The highest BCUT2D eigenvalue weighted by molar-refractivity contribution is 9.10. The first kappa shape index (κ1) is 18.5. The molecular weight excluding hydrogens is 392 g/mol. The molecule has 2 atom stereocenters. The number of phenolic OH excluding ortho intramolecular Hbond substituents is 1. The molecule has 0 saturated carbocycles. The number of hydrogen-bond donors (Lipinski definition) is 4. The predicted octanol–water partition coefficient (Wildman–Crippen LogP) is 5.66. The summed E-state index contributed by atoms with van der Waals surface area (Å²) in [5.74, 6) is 0.692. The standard InChI is InChI=1S/C20H23BrN4O/c1-12-9-19(24-15-4-6-16(26)7-5-15)18-10-14(21)3-8-17(18)20(23-11-12)13(2)25-22/h3-8,10,12,19,22-24,26H,9,11H2,1-2H3/b20-13-,25-22?/t12-,19?/m1/s1. The lowest BCUT2D eigenvalue weighted by molar-refractivity contribution is 0.470. The minimum atomic E-state index is 0.109. The van der Waals surface area contributed by atoms with E-state index in [0.717, 1.165) is 39.9 Å². The van der Waals surface area contributed by atoms with Crippen LogP contribution in [0, 0.1) is 11.4 Å². The first-order chi connectivity index (χ1) is 12.5. The maximum Gasteiger partial charge on any atom is 0.115 e. The molecule has 2 aromatic carbocycles. The van der Waals surface area contributed by atoms with Crippen molar-refractivity contribution < 1.29 is 5.11 Å². The molecule has 0 bridgehead atoms. The van der Waals surface area contributed by atoms with Crippen molar-refractivity contribution in [2.45, 2.75) is 26.3 Å². The maximum atomic E-state index is 9.53. The van der Waals surface area contributed by atoms with Gasteiger partial charge in [0.05, 0.1) is 17.4 Å². The van der Waals surface area contributed by atoms with Gasteiger partial charge in [-0.15, -0.1) is 0 Å². The molecule has 4 N–H and O–H groups in total. The Bertz CT molecular complexity index is 832. The molecule has 0 saturated heterocycles. The zero-order chi connectivity index (χ0) is 18.7. The Morgan fingerprint density at radius 3 is 2.69 bits per heavy atom. The number of nitrogens with one attached hydrogen (secondary N) is 3. The third-order valence-corrected chi connectivity index (χ3v) is 5.15. The number of halogens is 1. The smallest absolute Gasteiger partial charge is 0.115 e. The Balaban J connectivity index is 2.08. The number of nitrogens with zero attached hydrogens (tertiary/aromatic N) is 1. The van der Waals surface area contributed by atoms with Crippen molar-refractivity contribution in [1.29, 1.82) is 5.53 Å². The van der Waals surface area contributed by atoms with E-state index in [-0.39, 0.29) is 11.8 Å². The van der Waals surface area contributed by atoms with Gasteiger partial charge in [0.25, 0.3) is 0 Å². The van der Waals surface area contributed by atoms with Crippen molar-refractivity contribution >= 4 is 27.3 Å². The average molecular weight is 415 g/mol. The van der Waals surface area contributed by atoms with Crippen molar-refractivity contribution in [3.8, 4) is 5.75 Å². The number of aromatic hydroxyl groups is 1. The summed E-state index contributed by atoms with van der Waals surface area (Å²) in [5, 5.41) is 20.3. The fraction of sp³-hybridized carbons (Fsp3) is 0.300. The van der Waals surface area contributed by atoms with Crippen molar-refractivity contribution in [3.05, 3.63) is 63.8 Å². The first-order valence-corrected chi connectivity index (χ1v) is 9.45. The van der Waals surface area contributed by atoms with E-state index in [1.165, 1.54) is 0 Å². The van der Waals surface area contributed by atoms with Crippen LogP contribution in [0.5, 0.6) is 5.75 Å². The van der Waals surface area contributed by atoms with E-state index in [1.807, 2.05) is 25.1 Å². The van der Waals surface area contributed by atoms with Gasteiger partial charge in [-0.05, 0) is 61.2 Å². The van der Waals surface area contributed by atoms with Gasteiger partial charge in [-0.25, -0.2) is 5.53 Å². The van der Waals surface area contributed by atoms with Gasteiger partial charge in [0.1, 0.15) is 5.75 Å². The molecule has 2 aromatic rings. The molecular formula is C20H23BrN4O. The highest BCUT2D eigenvalue weighted by atomic mass is 79.9. The maximum absolute atomic E-state index is 9.53. The van der Waals surface area contributed by atoms with E-state index < -0.39 is 0 Å². The number of anilines is 1. The quantitative estimate of drug-likeness (QED) is 0.386. The van der Waals surface area contributed by atoms with Crippen LogP contribution in [-0.2, 0) is 0 Å². The van der Waals surface area contributed by atoms with Crippen LogP contribution >= 0.6 is 15.9 Å². The van der Waals surface area contributed by atoms with Gasteiger partial charge in [-0.2, -0.15) is 5.11 Å². The topological polar surface area (TPSA) is 80.5 Å². The minimum absolute atomic E-state index is 0.109. The minimum Gasteiger partial charge on any atom is -0.508 e. The molecule has 1 unspecified atom stereocenters. The van der Waals surface area contributed by atoms with E-state index >= 15 is 0 Å². The van der Waals surface area contributed by atoms with Gasteiger partial charge in [-0.3, -0.25) is 0 Å². The zero-order valence-electron chi connectivity index (χ0n) is 14.9. The van der Waals surface area contributed by atoms with Gasteiger partial charge < -0.3 is 15.7 Å². The third-order valence-electron chi connectivity index (χ3n) is 4.66. The second-order valence-corrected chi connectivity index (χ2v) is 7.69. The van der Waals surface area contributed by atoms with Gasteiger partial charge in [0.2, 0.25) is 0 Å². The van der Waals surface area contributed by atoms with Gasteiger partial charge in [-0.1, -0.05) is 28.9 Å². The number of fused-ring (bicyclic) bond motifs is 1. The summed E-state index contributed by atoms with van der Waals surface area (Å²) in [5.41, 5.74) is 12.2. The van der Waals surface area contributed by atoms with Crippen LogP contribution < -0.4 is 10.6 Å². The SMILES string of the molecule is C/C(N=N)=C1/NC[C@H](C)CC(Nc2ccc(O)cc2)c2cc(Br)ccc21. The van der Waals surface area contributed by atoms with E-state index in [4.69, 9.17) is 5.53 Å². The Kier molecular flexibility index (Phi) is 5.61. The molecule has 0 radical (unpaired) electrons. The molecule has 3 rings (SSSR count). The number of rotatable bonds is 3. The summed E-state index contributed by atoms with van der Waals surface area (Å²) < 4.78 is 1.02. The van der Waals surface area contributed by atoms with Crippen molar-refractivity contribution in [3.63, 3.8) is 0 Å². The van der Waals surface area contributed by atoms with Gasteiger partial charge in [0, 0.05) is 22.3 Å². The average Bonchev–Trinajstić information content (AvgIpc) is 2.62. The van der Waals surface area contributed by atoms with E-state index in [0.29, 0.717) is 11.6 Å². The molecule has 0 fully saturated rings. The molecule has 0 amide bonds. The fourth-order valence-electron chi connectivity index (χ4n) is 3.31. The van der Waals surface area contributed by atoms with E-state index in [9.17, 15) is 5.11 Å². The fourth-order valence-corrected chi connectivity index (χ4v) is 3.69. The molecule has 0 spiro atoms. The molecule has 1 aliphatic rings. The molecule has 1 aliphatic heterocycles. The van der Waals surface area contributed by atoms with Crippen LogP contribution in [0.1, 0.15) is 37.4 Å². The number of hydrogen-bond acceptors (Lipinski definition) is 5. The first-order valence-electron chi connectivity index (χ1n) is 8.65. The van der Waals surface area contributed by atoms with Crippen LogP contribution in [0.3, 0.4) is 0 Å². The lowest BCUT2D eigenvalue weighted by atomic mass is 9.88. The Morgan fingerprint density at radius 1 is 1.27 bits per heavy atom. The molecule has 1 heterocycles. The van der Waals surface area contributed by atoms with Crippen LogP contribution in [0.4, 0.5) is 5.69 Å². The monoisotopic (exact) mass is 414 g/mol. The van der Waals surface area contributed by atoms with Crippen LogP contribution in [0.15, 0.2) is 57.7 Å². The number of phenols is 1. The Morgan fingerprint density at radius 2 is 2.00 bits per heavy atom. The van der Waals surface area contributed by atoms with Crippen molar-refractivity contribution in [2.24, 2.45) is 11.0 Å². The van der Waals surface area contributed by atoms with Gasteiger partial charge >= 0.3 is 0 Å². The zero-order valence-corrected chi connectivity index (χ0v) is 16.5. The second-order valence-electron chi connectivity index (χ2n) is 6.77. The van der Waals surface area contributed by atoms with Gasteiger partial charge in [0.15, 0.2) is 0 Å². The Labute approximate surface area is 162 Å². The molecule has 26 heavy (non-hydrogen) atoms. The normalized spacial score (nSPS) is 21.7. The Hall–Kier alpha value is -2.34. The van der Waals surface area contributed by atoms with Crippen LogP contribution in [0.25, 0.3) is 5.70 Å². The van der Waals surface area contributed by atoms with Crippen LogP contribution in [-0.4, -0.2) is 11.7 Å². The highest BCUT2D eigenvalue weighted by Gasteiger charge is 2.24. The lowest BCUT2D eigenvalue weighted by Crippen LogP contribution is -2.28. The summed E-state index contributed by atoms with van der Waals surface area (Å²) in [7, 11) is 0.